The third-order valence-electron chi connectivity index (χ3n) is 4.97. The molecule has 27 heavy (non-hydrogen) atoms. The van der Waals surface area contributed by atoms with Crippen molar-refractivity contribution >= 4 is 21.6 Å². The van der Waals surface area contributed by atoms with Gasteiger partial charge in [0.1, 0.15) is 0 Å². The summed E-state index contributed by atoms with van der Waals surface area (Å²) in [5, 5.41) is 0. The Bertz CT molecular complexity index is 897. The maximum Gasteiger partial charge on any atom is 0.258 e. The van der Waals surface area contributed by atoms with E-state index in [2.05, 4.69) is 6.92 Å². The summed E-state index contributed by atoms with van der Waals surface area (Å²) in [4.78, 5) is 14.8. The first-order valence-corrected chi connectivity index (χ1v) is 10.8. The second-order valence-corrected chi connectivity index (χ2v) is 8.96. The van der Waals surface area contributed by atoms with Gasteiger partial charge in [-0.05, 0) is 56.0 Å². The molecule has 0 bridgehead atoms. The average molecular weight is 387 g/mol. The van der Waals surface area contributed by atoms with Crippen molar-refractivity contribution in [1.29, 1.82) is 0 Å². The minimum absolute atomic E-state index is 0.187. The SMILES string of the molecule is CCN(C(=O)c1cccc(S(=O)(=O)N2CCCC(C)C2)c1)c1ccccc1. The maximum absolute atomic E-state index is 13.0. The fourth-order valence-electron chi connectivity index (χ4n) is 3.51. The third-order valence-corrected chi connectivity index (χ3v) is 6.83. The topological polar surface area (TPSA) is 57.7 Å². The van der Waals surface area contributed by atoms with Crippen molar-refractivity contribution in [2.24, 2.45) is 5.92 Å². The van der Waals surface area contributed by atoms with Crippen LogP contribution in [0.25, 0.3) is 0 Å². The number of piperidine rings is 1. The first kappa shape index (κ1) is 19.6. The molecule has 1 heterocycles. The highest BCUT2D eigenvalue weighted by atomic mass is 32.2. The van der Waals surface area contributed by atoms with E-state index >= 15 is 0 Å². The van der Waals surface area contributed by atoms with E-state index < -0.39 is 10.0 Å². The highest BCUT2D eigenvalue weighted by molar-refractivity contribution is 7.89. The van der Waals surface area contributed by atoms with Crippen LogP contribution in [0.4, 0.5) is 5.69 Å². The average Bonchev–Trinajstić information content (AvgIpc) is 2.69. The molecule has 0 aromatic heterocycles. The molecule has 6 heteroatoms. The lowest BCUT2D eigenvalue weighted by molar-refractivity contribution is 0.0988. The van der Waals surface area contributed by atoms with Gasteiger partial charge in [-0.15, -0.1) is 0 Å². The molecule has 0 N–H and O–H groups in total. The number of sulfonamides is 1. The van der Waals surface area contributed by atoms with Gasteiger partial charge in [-0.1, -0.05) is 31.2 Å². The second-order valence-electron chi connectivity index (χ2n) is 7.02. The molecular formula is C21H26N2O3S. The van der Waals surface area contributed by atoms with Crippen molar-refractivity contribution in [3.05, 3.63) is 60.2 Å². The maximum atomic E-state index is 13.0. The molecule has 0 radical (unpaired) electrons. The minimum Gasteiger partial charge on any atom is -0.309 e. The van der Waals surface area contributed by atoms with Crippen molar-refractivity contribution in [2.75, 3.05) is 24.5 Å². The van der Waals surface area contributed by atoms with Gasteiger partial charge in [0, 0.05) is 30.9 Å². The van der Waals surface area contributed by atoms with Crippen molar-refractivity contribution in [2.45, 2.75) is 31.6 Å². The van der Waals surface area contributed by atoms with Crippen LogP contribution in [0, 0.1) is 5.92 Å². The molecule has 1 saturated heterocycles. The summed E-state index contributed by atoms with van der Waals surface area (Å²) in [6.45, 7) is 5.55. The van der Waals surface area contributed by atoms with E-state index in [9.17, 15) is 13.2 Å². The highest BCUT2D eigenvalue weighted by Gasteiger charge is 2.29. The van der Waals surface area contributed by atoms with Crippen LogP contribution >= 0.6 is 0 Å². The molecule has 1 aliphatic rings. The predicted octanol–water partition coefficient (Wildman–Crippen LogP) is 3.77. The molecule has 1 unspecified atom stereocenters. The van der Waals surface area contributed by atoms with Crippen LogP contribution in [0.3, 0.4) is 0 Å². The Hall–Kier alpha value is -2.18. The van der Waals surface area contributed by atoms with Crippen LogP contribution in [-0.2, 0) is 10.0 Å². The predicted molar refractivity (Wildman–Crippen MR) is 107 cm³/mol. The van der Waals surface area contributed by atoms with Crippen LogP contribution in [0.15, 0.2) is 59.5 Å². The summed E-state index contributed by atoms with van der Waals surface area (Å²) in [5.74, 6) is 0.153. The molecule has 2 aromatic rings. The molecule has 5 nitrogen and oxygen atoms in total. The van der Waals surface area contributed by atoms with Crippen LogP contribution in [0.2, 0.25) is 0 Å². The van der Waals surface area contributed by atoms with E-state index in [0.717, 1.165) is 18.5 Å². The first-order chi connectivity index (χ1) is 12.9. The lowest BCUT2D eigenvalue weighted by Gasteiger charge is -2.30. The van der Waals surface area contributed by atoms with Crippen LogP contribution in [0.1, 0.15) is 37.0 Å². The standard InChI is InChI=1S/C21H26N2O3S/c1-3-23(19-11-5-4-6-12-19)21(24)18-10-7-13-20(15-18)27(25,26)22-14-8-9-17(2)16-22/h4-7,10-13,15,17H,3,8-9,14,16H2,1-2H3. The summed E-state index contributed by atoms with van der Waals surface area (Å²) in [5.41, 5.74) is 1.18. The Morgan fingerprint density at radius 2 is 1.89 bits per heavy atom. The number of amides is 1. The summed E-state index contributed by atoms with van der Waals surface area (Å²) >= 11 is 0. The highest BCUT2D eigenvalue weighted by Crippen LogP contribution is 2.25. The number of anilines is 1. The van der Waals surface area contributed by atoms with Crippen LogP contribution < -0.4 is 4.90 Å². The molecule has 3 rings (SSSR count). The van der Waals surface area contributed by atoms with Gasteiger partial charge in [0.2, 0.25) is 10.0 Å². The van der Waals surface area contributed by atoms with Gasteiger partial charge in [0.05, 0.1) is 4.90 Å². The molecule has 0 aliphatic carbocycles. The summed E-state index contributed by atoms with van der Waals surface area (Å²) < 4.78 is 27.6. The van der Waals surface area contributed by atoms with Crippen LogP contribution in [-0.4, -0.2) is 38.3 Å². The Kier molecular flexibility index (Phi) is 5.97. The van der Waals surface area contributed by atoms with E-state index in [0.29, 0.717) is 31.1 Å². The number of hydrogen-bond acceptors (Lipinski definition) is 3. The van der Waals surface area contributed by atoms with Crippen molar-refractivity contribution < 1.29 is 13.2 Å². The zero-order valence-corrected chi connectivity index (χ0v) is 16.7. The largest absolute Gasteiger partial charge is 0.309 e. The van der Waals surface area contributed by atoms with Gasteiger partial charge >= 0.3 is 0 Å². The molecule has 0 saturated carbocycles. The van der Waals surface area contributed by atoms with Gasteiger partial charge < -0.3 is 4.90 Å². The molecule has 2 aromatic carbocycles. The summed E-state index contributed by atoms with van der Waals surface area (Å²) in [6.07, 6.45) is 1.92. The van der Waals surface area contributed by atoms with E-state index in [-0.39, 0.29) is 10.8 Å². The fraction of sp³-hybridized carbons (Fsp3) is 0.381. The van der Waals surface area contributed by atoms with Gasteiger partial charge in [0.25, 0.3) is 5.91 Å². The fourth-order valence-corrected chi connectivity index (χ4v) is 5.16. The second kappa shape index (κ2) is 8.23. The lowest BCUT2D eigenvalue weighted by Crippen LogP contribution is -2.39. The van der Waals surface area contributed by atoms with E-state index in [1.54, 1.807) is 27.4 Å². The van der Waals surface area contributed by atoms with Crippen LogP contribution in [0.5, 0.6) is 0 Å². The van der Waals surface area contributed by atoms with Crippen molar-refractivity contribution in [1.82, 2.24) is 4.31 Å². The quantitative estimate of drug-likeness (QED) is 0.786. The number of para-hydroxylation sites is 1. The first-order valence-electron chi connectivity index (χ1n) is 9.40. The van der Waals surface area contributed by atoms with E-state index in [1.807, 2.05) is 37.3 Å². The Balaban J connectivity index is 1.89. The van der Waals surface area contributed by atoms with Gasteiger partial charge in [0.15, 0.2) is 0 Å². The number of carbonyl (C=O) groups is 1. The third kappa shape index (κ3) is 4.22. The van der Waals surface area contributed by atoms with Crippen molar-refractivity contribution in [3.63, 3.8) is 0 Å². The molecule has 1 atom stereocenters. The molecule has 1 fully saturated rings. The molecule has 1 amide bonds. The Labute approximate surface area is 161 Å². The van der Waals surface area contributed by atoms with Crippen molar-refractivity contribution in [3.8, 4) is 0 Å². The molecule has 144 valence electrons. The number of benzene rings is 2. The minimum atomic E-state index is -3.59. The number of nitrogens with zero attached hydrogens (tertiary/aromatic N) is 2. The monoisotopic (exact) mass is 386 g/mol. The van der Waals surface area contributed by atoms with Gasteiger partial charge in [-0.25, -0.2) is 8.42 Å². The summed E-state index contributed by atoms with van der Waals surface area (Å²) in [7, 11) is -3.59. The van der Waals surface area contributed by atoms with Gasteiger partial charge in [-0.2, -0.15) is 4.31 Å². The summed E-state index contributed by atoms with van der Waals surface area (Å²) in [6, 6.07) is 15.8. The zero-order chi connectivity index (χ0) is 19.4. The smallest absolute Gasteiger partial charge is 0.258 e. The Morgan fingerprint density at radius 1 is 1.15 bits per heavy atom. The zero-order valence-electron chi connectivity index (χ0n) is 15.8. The number of carbonyl (C=O) groups excluding carboxylic acids is 1. The van der Waals surface area contributed by atoms with E-state index in [1.165, 1.54) is 6.07 Å². The molecule has 0 spiro atoms. The normalized spacial score (nSPS) is 18.2. The number of hydrogen-bond donors (Lipinski definition) is 0. The Morgan fingerprint density at radius 3 is 2.56 bits per heavy atom. The van der Waals surface area contributed by atoms with E-state index in [4.69, 9.17) is 0 Å². The molecule has 1 aliphatic heterocycles. The lowest BCUT2D eigenvalue weighted by atomic mass is 10.0. The molecular weight excluding hydrogens is 360 g/mol. The number of rotatable bonds is 5. The van der Waals surface area contributed by atoms with Gasteiger partial charge in [-0.3, -0.25) is 4.79 Å².